The van der Waals surface area contributed by atoms with E-state index in [0.29, 0.717) is 22.7 Å². The van der Waals surface area contributed by atoms with Crippen LogP contribution in [0.25, 0.3) is 5.57 Å². The van der Waals surface area contributed by atoms with Gasteiger partial charge in [-0.25, -0.2) is 9.29 Å². The van der Waals surface area contributed by atoms with Crippen molar-refractivity contribution >= 4 is 28.8 Å². The molecule has 31 heavy (non-hydrogen) atoms. The number of benzene rings is 3. The zero-order valence-electron chi connectivity index (χ0n) is 16.9. The predicted octanol–water partition coefficient (Wildman–Crippen LogP) is 4.24. The highest BCUT2D eigenvalue weighted by molar-refractivity contribution is 6.46. The summed E-state index contributed by atoms with van der Waals surface area (Å²) in [4.78, 5) is 27.6. The molecule has 3 aromatic carbocycles. The van der Waals surface area contributed by atoms with Gasteiger partial charge in [0.2, 0.25) is 0 Å². The van der Waals surface area contributed by atoms with Crippen LogP contribution in [0.5, 0.6) is 11.5 Å². The molecule has 0 radical (unpaired) electrons. The molecule has 0 spiro atoms. The molecule has 0 aromatic heterocycles. The number of halogens is 1. The van der Waals surface area contributed by atoms with Crippen LogP contribution in [0.1, 0.15) is 5.56 Å². The summed E-state index contributed by atoms with van der Waals surface area (Å²) >= 11 is 0. The summed E-state index contributed by atoms with van der Waals surface area (Å²) in [6.07, 6.45) is 0. The van der Waals surface area contributed by atoms with Crippen LogP contribution < -0.4 is 19.7 Å². The van der Waals surface area contributed by atoms with Gasteiger partial charge in [0.25, 0.3) is 11.8 Å². The van der Waals surface area contributed by atoms with Crippen LogP contribution in [0.15, 0.2) is 78.5 Å². The summed E-state index contributed by atoms with van der Waals surface area (Å²) in [6, 6.07) is 19.2. The van der Waals surface area contributed by atoms with Gasteiger partial charge in [0, 0.05) is 11.8 Å². The van der Waals surface area contributed by atoms with Crippen molar-refractivity contribution in [3.63, 3.8) is 0 Å². The van der Waals surface area contributed by atoms with Crippen molar-refractivity contribution in [2.75, 3.05) is 24.4 Å². The Bertz CT molecular complexity index is 1190. The Morgan fingerprint density at radius 3 is 2.19 bits per heavy atom. The van der Waals surface area contributed by atoms with Crippen LogP contribution >= 0.6 is 0 Å². The molecule has 3 aromatic rings. The smallest absolute Gasteiger partial charge is 0.282 e. The lowest BCUT2D eigenvalue weighted by Gasteiger charge is -2.15. The number of anilines is 2. The van der Waals surface area contributed by atoms with Gasteiger partial charge in [-0.2, -0.15) is 0 Å². The first-order valence-electron chi connectivity index (χ1n) is 9.46. The number of hydrogen-bond acceptors (Lipinski definition) is 5. The molecule has 156 valence electrons. The number of imide groups is 1. The predicted molar refractivity (Wildman–Crippen MR) is 115 cm³/mol. The van der Waals surface area contributed by atoms with Crippen molar-refractivity contribution in [1.82, 2.24) is 0 Å². The van der Waals surface area contributed by atoms with E-state index in [2.05, 4.69) is 5.32 Å². The van der Waals surface area contributed by atoms with Gasteiger partial charge in [-0.15, -0.1) is 0 Å². The number of hydrogen-bond donors (Lipinski definition) is 1. The third kappa shape index (κ3) is 3.85. The summed E-state index contributed by atoms with van der Waals surface area (Å²) in [5.41, 5.74) is 1.53. The molecule has 0 saturated carbocycles. The fraction of sp³-hybridized carbons (Fsp3) is 0.0833. The van der Waals surface area contributed by atoms with Gasteiger partial charge in [0.1, 0.15) is 23.0 Å². The topological polar surface area (TPSA) is 67.9 Å². The molecule has 4 rings (SSSR count). The number of nitrogens with one attached hydrogen (secondary N) is 1. The van der Waals surface area contributed by atoms with Crippen molar-refractivity contribution in [2.24, 2.45) is 0 Å². The van der Waals surface area contributed by atoms with Crippen LogP contribution in [0.2, 0.25) is 0 Å². The Morgan fingerprint density at radius 1 is 0.806 bits per heavy atom. The number of rotatable bonds is 6. The van der Waals surface area contributed by atoms with E-state index in [4.69, 9.17) is 9.47 Å². The summed E-state index contributed by atoms with van der Waals surface area (Å²) in [5.74, 6) is -0.463. The molecule has 0 aliphatic carbocycles. The highest BCUT2D eigenvalue weighted by atomic mass is 19.1. The lowest BCUT2D eigenvalue weighted by molar-refractivity contribution is -0.120. The standard InChI is InChI=1S/C24H19FN2O4/c1-30-19-11-9-15(10-12-19)21-22(26-17-6-4-8-20(14-17)31-2)24(29)27(23(21)28)18-7-3-5-16(25)13-18/h3-14,26H,1-2H3. The van der Waals surface area contributed by atoms with Gasteiger partial charge >= 0.3 is 0 Å². The van der Waals surface area contributed by atoms with Crippen molar-refractivity contribution in [2.45, 2.75) is 0 Å². The Kier molecular flexibility index (Phi) is 5.41. The molecule has 1 aliphatic heterocycles. The number of amides is 2. The van der Waals surface area contributed by atoms with Crippen LogP contribution in [0.4, 0.5) is 15.8 Å². The molecule has 0 fully saturated rings. The zero-order chi connectivity index (χ0) is 22.0. The summed E-state index contributed by atoms with van der Waals surface area (Å²) < 4.78 is 24.2. The van der Waals surface area contributed by atoms with Gasteiger partial charge in [-0.3, -0.25) is 9.59 Å². The summed E-state index contributed by atoms with van der Waals surface area (Å²) in [5, 5.41) is 3.05. The third-order valence-electron chi connectivity index (χ3n) is 4.87. The van der Waals surface area contributed by atoms with Gasteiger partial charge in [-0.05, 0) is 48.0 Å². The minimum absolute atomic E-state index is 0.0904. The maximum atomic E-state index is 13.8. The quantitative estimate of drug-likeness (QED) is 0.607. The minimum Gasteiger partial charge on any atom is -0.497 e. The second-order valence-corrected chi connectivity index (χ2v) is 6.76. The van der Waals surface area contributed by atoms with Crippen LogP contribution in [0.3, 0.4) is 0 Å². The largest absolute Gasteiger partial charge is 0.497 e. The van der Waals surface area contributed by atoms with E-state index >= 15 is 0 Å². The fourth-order valence-electron chi connectivity index (χ4n) is 3.37. The Hall–Kier alpha value is -4.13. The number of methoxy groups -OCH3 is 2. The number of carbonyl (C=O) groups is 2. The minimum atomic E-state index is -0.579. The van der Waals surface area contributed by atoms with Crippen molar-refractivity contribution in [3.8, 4) is 11.5 Å². The Labute approximate surface area is 178 Å². The first-order chi connectivity index (χ1) is 15.0. The van der Waals surface area contributed by atoms with E-state index in [1.165, 1.54) is 25.3 Å². The Morgan fingerprint density at radius 2 is 1.52 bits per heavy atom. The highest BCUT2D eigenvalue weighted by Gasteiger charge is 2.40. The van der Waals surface area contributed by atoms with Crippen molar-refractivity contribution < 1.29 is 23.5 Å². The Balaban J connectivity index is 1.81. The van der Waals surface area contributed by atoms with Gasteiger partial charge < -0.3 is 14.8 Å². The molecule has 1 N–H and O–H groups in total. The molecular formula is C24H19FN2O4. The second kappa shape index (κ2) is 8.31. The van der Waals surface area contributed by atoms with E-state index < -0.39 is 17.6 Å². The maximum absolute atomic E-state index is 13.8. The van der Waals surface area contributed by atoms with Gasteiger partial charge in [0.15, 0.2) is 0 Å². The van der Waals surface area contributed by atoms with E-state index in [9.17, 15) is 14.0 Å². The molecule has 1 heterocycles. The molecule has 2 amide bonds. The van der Waals surface area contributed by atoms with Crippen molar-refractivity contribution in [1.29, 1.82) is 0 Å². The zero-order valence-corrected chi connectivity index (χ0v) is 16.9. The summed E-state index contributed by atoms with van der Waals surface area (Å²) in [6.45, 7) is 0. The molecule has 0 bridgehead atoms. The third-order valence-corrected chi connectivity index (χ3v) is 4.87. The monoisotopic (exact) mass is 418 g/mol. The van der Waals surface area contributed by atoms with E-state index in [0.717, 1.165) is 11.0 Å². The lowest BCUT2D eigenvalue weighted by Crippen LogP contribution is -2.32. The molecule has 0 atom stereocenters. The highest BCUT2D eigenvalue weighted by Crippen LogP contribution is 2.35. The van der Waals surface area contributed by atoms with Gasteiger partial charge in [0.05, 0.1) is 25.5 Å². The average molecular weight is 418 g/mol. The van der Waals surface area contributed by atoms with E-state index in [1.807, 2.05) is 0 Å². The van der Waals surface area contributed by atoms with E-state index in [-0.39, 0.29) is 17.0 Å². The molecule has 6 nitrogen and oxygen atoms in total. The van der Waals surface area contributed by atoms with Crippen LogP contribution in [0, 0.1) is 5.82 Å². The molecular weight excluding hydrogens is 399 g/mol. The molecule has 0 unspecified atom stereocenters. The molecule has 1 aliphatic rings. The molecule has 7 heteroatoms. The van der Waals surface area contributed by atoms with E-state index in [1.54, 1.807) is 55.6 Å². The number of carbonyl (C=O) groups excluding carboxylic acids is 2. The summed E-state index contributed by atoms with van der Waals surface area (Å²) in [7, 11) is 3.08. The van der Waals surface area contributed by atoms with Crippen molar-refractivity contribution in [3.05, 3.63) is 89.9 Å². The first kappa shape index (κ1) is 20.2. The number of nitrogens with zero attached hydrogens (tertiary/aromatic N) is 1. The van der Waals surface area contributed by atoms with Crippen LogP contribution in [-0.2, 0) is 9.59 Å². The average Bonchev–Trinajstić information content (AvgIpc) is 3.03. The molecule has 0 saturated heterocycles. The second-order valence-electron chi connectivity index (χ2n) is 6.76. The normalized spacial score (nSPS) is 13.6. The lowest BCUT2D eigenvalue weighted by atomic mass is 10.0. The fourth-order valence-corrected chi connectivity index (χ4v) is 3.37. The SMILES string of the molecule is COc1ccc(C2=C(Nc3cccc(OC)c3)C(=O)N(c3cccc(F)c3)C2=O)cc1. The maximum Gasteiger partial charge on any atom is 0.282 e. The first-order valence-corrected chi connectivity index (χ1v) is 9.46. The van der Waals surface area contributed by atoms with Crippen LogP contribution in [-0.4, -0.2) is 26.0 Å². The van der Waals surface area contributed by atoms with Gasteiger partial charge in [-0.1, -0.05) is 24.3 Å². The number of ether oxygens (including phenoxy) is 2.